The van der Waals surface area contributed by atoms with Gasteiger partial charge in [0.25, 0.3) is 0 Å². The van der Waals surface area contributed by atoms with Crippen LogP contribution in [-0.2, 0) is 6.42 Å². The van der Waals surface area contributed by atoms with Gasteiger partial charge in [-0.2, -0.15) is 4.37 Å². The highest BCUT2D eigenvalue weighted by Crippen LogP contribution is 2.13. The van der Waals surface area contributed by atoms with Crippen molar-refractivity contribution in [3.05, 3.63) is 8.84 Å². The molecule has 1 atom stereocenters. The maximum Gasteiger partial charge on any atom is 0.203 e. The number of aromatic nitrogens is 2. The van der Waals surface area contributed by atoms with Gasteiger partial charge in [-0.1, -0.05) is 20.3 Å². The van der Waals surface area contributed by atoms with Crippen LogP contribution >= 0.6 is 34.1 Å². The van der Waals surface area contributed by atoms with Crippen LogP contribution in [0.15, 0.2) is 0 Å². The maximum absolute atomic E-state index is 4.29. The lowest BCUT2D eigenvalue weighted by atomic mass is 10.1. The van der Waals surface area contributed by atoms with Crippen LogP contribution in [0.2, 0.25) is 0 Å². The zero-order chi connectivity index (χ0) is 8.27. The van der Waals surface area contributed by atoms with E-state index in [2.05, 4.69) is 45.8 Å². The molecule has 0 saturated carbocycles. The van der Waals surface area contributed by atoms with Gasteiger partial charge in [0, 0.05) is 29.0 Å². The highest BCUT2D eigenvalue weighted by atomic mass is 127. The molecule has 1 rings (SSSR count). The fraction of sp³-hybridized carbons (Fsp3) is 0.714. The molecule has 0 aromatic carbocycles. The summed E-state index contributed by atoms with van der Waals surface area (Å²) in [5, 5.41) is 1.17. The number of hydrogen-bond acceptors (Lipinski definition) is 3. The van der Waals surface area contributed by atoms with E-state index in [1.807, 2.05) is 0 Å². The Morgan fingerprint density at radius 2 is 2.36 bits per heavy atom. The van der Waals surface area contributed by atoms with Crippen molar-refractivity contribution in [1.29, 1.82) is 0 Å². The number of rotatable bonds is 3. The zero-order valence-corrected chi connectivity index (χ0v) is 9.65. The van der Waals surface area contributed by atoms with Crippen LogP contribution in [0.3, 0.4) is 0 Å². The van der Waals surface area contributed by atoms with Crippen molar-refractivity contribution in [3.8, 4) is 0 Å². The number of nitrogens with zero attached hydrogens (tertiary/aromatic N) is 2. The van der Waals surface area contributed by atoms with Crippen molar-refractivity contribution in [3.63, 3.8) is 0 Å². The van der Waals surface area contributed by atoms with Gasteiger partial charge >= 0.3 is 0 Å². The normalized spacial score (nSPS) is 13.4. The molecule has 0 saturated heterocycles. The first-order chi connectivity index (χ1) is 5.22. The van der Waals surface area contributed by atoms with Gasteiger partial charge in [0.2, 0.25) is 3.83 Å². The summed E-state index contributed by atoms with van der Waals surface area (Å²) < 4.78 is 5.00. The molecular formula is C7H11IN2S. The van der Waals surface area contributed by atoms with E-state index < -0.39 is 0 Å². The second-order valence-corrected chi connectivity index (χ2v) is 4.48. The third-order valence-corrected chi connectivity index (χ3v) is 3.21. The summed E-state index contributed by atoms with van der Waals surface area (Å²) in [6.45, 7) is 4.45. The summed E-state index contributed by atoms with van der Waals surface area (Å²) in [6, 6.07) is 0. The minimum Gasteiger partial charge on any atom is -0.215 e. The average Bonchev–Trinajstić information content (AvgIpc) is 2.35. The molecule has 0 spiro atoms. The molecule has 1 unspecified atom stereocenters. The van der Waals surface area contributed by atoms with Gasteiger partial charge in [0.05, 0.1) is 0 Å². The van der Waals surface area contributed by atoms with Gasteiger partial charge < -0.3 is 0 Å². The third-order valence-electron chi connectivity index (χ3n) is 1.66. The van der Waals surface area contributed by atoms with Gasteiger partial charge in [0.15, 0.2) is 0 Å². The van der Waals surface area contributed by atoms with Crippen molar-refractivity contribution < 1.29 is 0 Å². The first-order valence-corrected chi connectivity index (χ1v) is 5.55. The zero-order valence-electron chi connectivity index (χ0n) is 6.67. The van der Waals surface area contributed by atoms with Gasteiger partial charge in [-0.05, 0) is 17.5 Å². The van der Waals surface area contributed by atoms with E-state index in [0.717, 1.165) is 16.2 Å². The van der Waals surface area contributed by atoms with Crippen LogP contribution in [0.4, 0.5) is 0 Å². The van der Waals surface area contributed by atoms with Crippen molar-refractivity contribution in [2.75, 3.05) is 0 Å². The summed E-state index contributed by atoms with van der Waals surface area (Å²) >= 11 is 3.67. The van der Waals surface area contributed by atoms with E-state index in [0.29, 0.717) is 0 Å². The summed E-state index contributed by atoms with van der Waals surface area (Å²) in [5.41, 5.74) is 0. The molecule has 1 heterocycles. The lowest BCUT2D eigenvalue weighted by molar-refractivity contribution is 0.558. The quantitative estimate of drug-likeness (QED) is 0.797. The van der Waals surface area contributed by atoms with Gasteiger partial charge in [-0.3, -0.25) is 0 Å². The fourth-order valence-electron chi connectivity index (χ4n) is 0.759. The van der Waals surface area contributed by atoms with Crippen LogP contribution in [-0.4, -0.2) is 9.36 Å². The predicted octanol–water partition coefficient (Wildman–Crippen LogP) is 2.73. The number of hydrogen-bond donors (Lipinski definition) is 0. The van der Waals surface area contributed by atoms with Gasteiger partial charge in [0.1, 0.15) is 5.01 Å². The molecule has 1 aromatic heterocycles. The summed E-state index contributed by atoms with van der Waals surface area (Å²) in [7, 11) is 0. The Bertz CT molecular complexity index is 224. The van der Waals surface area contributed by atoms with Crippen LogP contribution < -0.4 is 0 Å². The first kappa shape index (κ1) is 9.38. The molecule has 1 aromatic rings. The molecule has 0 amide bonds. The maximum atomic E-state index is 4.29. The Hall–Kier alpha value is 0.290. The molecule has 0 N–H and O–H groups in total. The molecule has 2 nitrogen and oxygen atoms in total. The Morgan fingerprint density at radius 1 is 1.64 bits per heavy atom. The smallest absolute Gasteiger partial charge is 0.203 e. The van der Waals surface area contributed by atoms with Gasteiger partial charge in [-0.15, -0.1) is 0 Å². The molecule has 4 heteroatoms. The van der Waals surface area contributed by atoms with Crippen LogP contribution in [0.1, 0.15) is 25.3 Å². The standard InChI is InChI=1S/C7H11IN2S/c1-3-5(2)4-6-9-7(8)10-11-6/h5H,3-4H2,1-2H3. The molecule has 0 radical (unpaired) electrons. The van der Waals surface area contributed by atoms with E-state index in [4.69, 9.17) is 0 Å². The Kier molecular flexibility index (Phi) is 3.71. The average molecular weight is 282 g/mol. The van der Waals surface area contributed by atoms with E-state index in [1.165, 1.54) is 23.0 Å². The van der Waals surface area contributed by atoms with Crippen LogP contribution in [0, 0.1) is 9.75 Å². The summed E-state index contributed by atoms with van der Waals surface area (Å²) in [4.78, 5) is 4.29. The van der Waals surface area contributed by atoms with Crippen LogP contribution in [0.5, 0.6) is 0 Å². The molecule has 0 bridgehead atoms. The van der Waals surface area contributed by atoms with Gasteiger partial charge in [-0.25, -0.2) is 4.98 Å². The minimum atomic E-state index is 0.735. The lowest BCUT2D eigenvalue weighted by Crippen LogP contribution is -1.96. The van der Waals surface area contributed by atoms with E-state index in [-0.39, 0.29) is 0 Å². The second kappa shape index (κ2) is 4.35. The predicted molar refractivity (Wildman–Crippen MR) is 55.8 cm³/mol. The first-order valence-electron chi connectivity index (χ1n) is 3.70. The Labute approximate surface area is 84.7 Å². The molecule has 0 fully saturated rings. The minimum absolute atomic E-state index is 0.735. The summed E-state index contributed by atoms with van der Waals surface area (Å²) in [6.07, 6.45) is 2.30. The molecule has 0 aliphatic rings. The van der Waals surface area contributed by atoms with Crippen LogP contribution in [0.25, 0.3) is 0 Å². The van der Waals surface area contributed by atoms with Crippen molar-refractivity contribution >= 4 is 34.1 Å². The second-order valence-electron chi connectivity index (χ2n) is 2.67. The molecule has 11 heavy (non-hydrogen) atoms. The van der Waals surface area contributed by atoms with E-state index >= 15 is 0 Å². The largest absolute Gasteiger partial charge is 0.215 e. The molecular weight excluding hydrogens is 271 g/mol. The van der Waals surface area contributed by atoms with Crippen molar-refractivity contribution in [2.45, 2.75) is 26.7 Å². The SMILES string of the molecule is CCC(C)Cc1nc(I)ns1. The summed E-state index contributed by atoms with van der Waals surface area (Å²) in [5.74, 6) is 0.735. The highest BCUT2D eigenvalue weighted by molar-refractivity contribution is 14.1. The van der Waals surface area contributed by atoms with E-state index in [9.17, 15) is 0 Å². The van der Waals surface area contributed by atoms with Crippen molar-refractivity contribution in [1.82, 2.24) is 9.36 Å². The van der Waals surface area contributed by atoms with Crippen molar-refractivity contribution in [2.24, 2.45) is 5.92 Å². The highest BCUT2D eigenvalue weighted by Gasteiger charge is 2.05. The molecule has 0 aliphatic heterocycles. The van der Waals surface area contributed by atoms with E-state index in [1.54, 1.807) is 0 Å². The Morgan fingerprint density at radius 3 is 2.82 bits per heavy atom. The topological polar surface area (TPSA) is 25.8 Å². The monoisotopic (exact) mass is 282 g/mol. The lowest BCUT2D eigenvalue weighted by Gasteiger charge is -2.02. The Balaban J connectivity index is 2.50. The third kappa shape index (κ3) is 3.02. The molecule has 62 valence electrons. The molecule has 0 aliphatic carbocycles. The fourth-order valence-corrected chi connectivity index (χ4v) is 2.22. The number of halogens is 1.